The number of rotatable bonds is 19. The number of hydrogen-bond donors (Lipinski definition) is 0. The van der Waals surface area contributed by atoms with E-state index in [0.717, 1.165) is 36.1 Å². The molecule has 0 aromatic heterocycles. The predicted octanol–water partition coefficient (Wildman–Crippen LogP) is 9.59. The van der Waals surface area contributed by atoms with Crippen molar-refractivity contribution in [2.45, 2.75) is 104 Å². The van der Waals surface area contributed by atoms with Crippen molar-refractivity contribution in [3.63, 3.8) is 0 Å². The first-order chi connectivity index (χ1) is 20.9. The van der Waals surface area contributed by atoms with E-state index in [1.807, 2.05) is 62.4 Å². The monoisotopic (exact) mass is 588 g/mol. The molecule has 0 radical (unpaired) electrons. The average Bonchev–Trinajstić information content (AvgIpc) is 3.03. The second-order valence-corrected chi connectivity index (χ2v) is 10.9. The van der Waals surface area contributed by atoms with E-state index in [9.17, 15) is 9.59 Å². The molecule has 0 fully saturated rings. The van der Waals surface area contributed by atoms with Crippen LogP contribution in [-0.4, -0.2) is 30.8 Å². The molecular weight excluding hydrogens is 540 g/mol. The molecule has 1 unspecified atom stereocenters. The van der Waals surface area contributed by atoms with Gasteiger partial charge in [-0.3, -0.25) is 0 Å². The fourth-order valence-corrected chi connectivity index (χ4v) is 4.69. The van der Waals surface area contributed by atoms with Crippen molar-refractivity contribution in [2.75, 3.05) is 6.61 Å². The van der Waals surface area contributed by atoms with Crippen molar-refractivity contribution in [3.05, 3.63) is 78.4 Å². The van der Waals surface area contributed by atoms with Crippen LogP contribution in [0.15, 0.2) is 72.8 Å². The summed E-state index contributed by atoms with van der Waals surface area (Å²) in [5, 5.41) is 0. The van der Waals surface area contributed by atoms with Crippen LogP contribution in [0.5, 0.6) is 17.2 Å². The highest BCUT2D eigenvalue weighted by molar-refractivity contribution is 5.91. The molecule has 0 saturated carbocycles. The highest BCUT2D eigenvalue weighted by Crippen LogP contribution is 2.26. The van der Waals surface area contributed by atoms with E-state index in [1.165, 1.54) is 44.9 Å². The second-order valence-electron chi connectivity index (χ2n) is 10.9. The van der Waals surface area contributed by atoms with Crippen molar-refractivity contribution in [1.82, 2.24) is 0 Å². The summed E-state index contributed by atoms with van der Waals surface area (Å²) >= 11 is 0. The van der Waals surface area contributed by atoms with Crippen LogP contribution in [-0.2, 0) is 9.53 Å². The predicted molar refractivity (Wildman–Crippen MR) is 172 cm³/mol. The Morgan fingerprint density at radius 1 is 0.628 bits per heavy atom. The maximum atomic E-state index is 12.7. The van der Waals surface area contributed by atoms with E-state index in [1.54, 1.807) is 31.2 Å². The first kappa shape index (κ1) is 33.7. The number of carbonyl (C=O) groups is 2. The van der Waals surface area contributed by atoms with Gasteiger partial charge in [0.1, 0.15) is 23.4 Å². The summed E-state index contributed by atoms with van der Waals surface area (Å²) in [7, 11) is 0. The van der Waals surface area contributed by atoms with Crippen LogP contribution >= 0.6 is 0 Å². The van der Waals surface area contributed by atoms with Gasteiger partial charge >= 0.3 is 11.9 Å². The molecule has 0 heterocycles. The van der Waals surface area contributed by atoms with Crippen molar-refractivity contribution < 1.29 is 28.5 Å². The Labute approximate surface area is 257 Å². The van der Waals surface area contributed by atoms with Gasteiger partial charge in [-0.15, -0.1) is 0 Å². The first-order valence-corrected chi connectivity index (χ1v) is 16.0. The molecule has 0 aliphatic rings. The third-order valence-electron chi connectivity index (χ3n) is 7.45. The molecule has 0 bridgehead atoms. The van der Waals surface area contributed by atoms with Crippen molar-refractivity contribution in [2.24, 2.45) is 0 Å². The lowest BCUT2D eigenvalue weighted by atomic mass is 10.1. The summed E-state index contributed by atoms with van der Waals surface area (Å²) in [5.41, 5.74) is 2.41. The maximum Gasteiger partial charge on any atom is 0.347 e. The average molecular weight is 589 g/mol. The normalized spacial score (nSPS) is 11.7. The van der Waals surface area contributed by atoms with Crippen molar-refractivity contribution >= 4 is 11.9 Å². The molecular formula is C37H48O6. The fraction of sp³-hybridized carbons (Fsp3) is 0.459. The Balaban J connectivity index is 1.42. The highest BCUT2D eigenvalue weighted by Gasteiger charge is 2.19. The molecule has 0 saturated heterocycles. The molecule has 0 aliphatic heterocycles. The van der Waals surface area contributed by atoms with E-state index < -0.39 is 12.1 Å². The van der Waals surface area contributed by atoms with Crippen molar-refractivity contribution in [3.8, 4) is 28.4 Å². The number of unbranched alkanes of at least 4 members (excludes halogenated alkanes) is 7. The lowest BCUT2D eigenvalue weighted by Crippen LogP contribution is -2.29. The van der Waals surface area contributed by atoms with Gasteiger partial charge < -0.3 is 18.9 Å². The van der Waals surface area contributed by atoms with Gasteiger partial charge in [0, 0.05) is 0 Å². The standard InChI is InChI=1S/C37H48O6/c1-5-8-9-10-11-12-13-14-27-40-33-21-19-31(20-22-33)37(39)43-35-25-17-30(18-26-35)29-15-23-34(24-16-29)41-28(4)36(38)42-32(6-2)7-3/h15-26,28,32H,5-14,27H2,1-4H3. The third-order valence-corrected chi connectivity index (χ3v) is 7.45. The number of carbonyl (C=O) groups excluding carboxylic acids is 2. The largest absolute Gasteiger partial charge is 0.494 e. The molecule has 6 nitrogen and oxygen atoms in total. The summed E-state index contributed by atoms with van der Waals surface area (Å²) in [5.74, 6) is 1.04. The van der Waals surface area contributed by atoms with Crippen LogP contribution in [0.2, 0.25) is 0 Å². The zero-order valence-corrected chi connectivity index (χ0v) is 26.3. The lowest BCUT2D eigenvalue weighted by molar-refractivity contribution is -0.157. The zero-order valence-electron chi connectivity index (χ0n) is 26.3. The van der Waals surface area contributed by atoms with E-state index in [-0.39, 0.29) is 12.1 Å². The first-order valence-electron chi connectivity index (χ1n) is 16.0. The molecule has 0 spiro atoms. The summed E-state index contributed by atoms with van der Waals surface area (Å²) in [6.07, 6.45) is 10.9. The van der Waals surface area contributed by atoms with Crippen LogP contribution in [0.1, 0.15) is 102 Å². The number of esters is 2. The number of hydrogen-bond acceptors (Lipinski definition) is 6. The second kappa shape index (κ2) is 18.7. The van der Waals surface area contributed by atoms with Gasteiger partial charge in [0.2, 0.25) is 0 Å². The van der Waals surface area contributed by atoms with Crippen LogP contribution in [0.25, 0.3) is 11.1 Å². The van der Waals surface area contributed by atoms with Gasteiger partial charge in [-0.1, -0.05) is 90.0 Å². The third kappa shape index (κ3) is 11.8. The highest BCUT2D eigenvalue weighted by atomic mass is 16.6. The maximum absolute atomic E-state index is 12.7. The SMILES string of the molecule is CCCCCCCCCCOc1ccc(C(=O)Oc2ccc(-c3ccc(OC(C)C(=O)OC(CC)CC)cc3)cc2)cc1. The van der Waals surface area contributed by atoms with Gasteiger partial charge in [-0.2, -0.15) is 0 Å². The van der Waals surface area contributed by atoms with Gasteiger partial charge in [0.05, 0.1) is 12.2 Å². The van der Waals surface area contributed by atoms with E-state index in [2.05, 4.69) is 6.92 Å². The van der Waals surface area contributed by atoms with Gasteiger partial charge in [-0.05, 0) is 85.8 Å². The van der Waals surface area contributed by atoms with Crippen LogP contribution < -0.4 is 14.2 Å². The summed E-state index contributed by atoms with van der Waals surface area (Å²) < 4.78 is 22.7. The molecule has 1 atom stereocenters. The summed E-state index contributed by atoms with van der Waals surface area (Å²) in [6, 6.07) is 21.9. The molecule has 0 aliphatic carbocycles. The molecule has 6 heteroatoms. The molecule has 232 valence electrons. The number of benzene rings is 3. The Bertz CT molecular complexity index is 1210. The minimum Gasteiger partial charge on any atom is -0.494 e. The Kier molecular flexibility index (Phi) is 14.6. The molecule has 3 rings (SSSR count). The molecule has 0 N–H and O–H groups in total. The Hall–Kier alpha value is -3.80. The summed E-state index contributed by atoms with van der Waals surface area (Å²) in [4.78, 5) is 24.9. The van der Waals surface area contributed by atoms with Gasteiger partial charge in [0.15, 0.2) is 6.10 Å². The fourth-order valence-electron chi connectivity index (χ4n) is 4.69. The minimum absolute atomic E-state index is 0.0856. The molecule has 3 aromatic carbocycles. The van der Waals surface area contributed by atoms with Crippen LogP contribution in [0.4, 0.5) is 0 Å². The van der Waals surface area contributed by atoms with Gasteiger partial charge in [-0.25, -0.2) is 9.59 Å². The molecule has 0 amide bonds. The molecule has 43 heavy (non-hydrogen) atoms. The Morgan fingerprint density at radius 2 is 1.14 bits per heavy atom. The van der Waals surface area contributed by atoms with Crippen molar-refractivity contribution in [1.29, 1.82) is 0 Å². The van der Waals surface area contributed by atoms with Gasteiger partial charge in [0.25, 0.3) is 0 Å². The van der Waals surface area contributed by atoms with E-state index >= 15 is 0 Å². The summed E-state index contributed by atoms with van der Waals surface area (Å²) in [6.45, 7) is 8.61. The smallest absolute Gasteiger partial charge is 0.347 e. The lowest BCUT2D eigenvalue weighted by Gasteiger charge is -2.18. The van der Waals surface area contributed by atoms with Crippen LogP contribution in [0, 0.1) is 0 Å². The zero-order chi connectivity index (χ0) is 30.9. The van der Waals surface area contributed by atoms with E-state index in [4.69, 9.17) is 18.9 Å². The minimum atomic E-state index is -0.691. The van der Waals surface area contributed by atoms with Crippen LogP contribution in [0.3, 0.4) is 0 Å². The van der Waals surface area contributed by atoms with E-state index in [0.29, 0.717) is 23.7 Å². The molecule has 3 aromatic rings. The topological polar surface area (TPSA) is 71.1 Å². The Morgan fingerprint density at radius 3 is 1.70 bits per heavy atom. The number of ether oxygens (including phenoxy) is 4. The quantitative estimate of drug-likeness (QED) is 0.0789.